The smallest absolute Gasteiger partial charge is 0.405 e. The standard InChI is InChI=1S/C24H30F3NO6Si/c1-23(2,3)35(15-10-6-4-7-11-15,16-12-8-5-9-13-16)33-14-17-19(29)20(30)18(21(31)34-17)28-22(32)24(25,26)27/h4-13,17-21,29-31H,14H2,1-3H3,(H,28,32)/t17-,18-,19-,20-,21+/m1/s1. The second-order valence-corrected chi connectivity index (χ2v) is 13.8. The Labute approximate surface area is 202 Å². The summed E-state index contributed by atoms with van der Waals surface area (Å²) in [6.07, 6.45) is -12.1. The van der Waals surface area contributed by atoms with Crippen LogP contribution in [0.25, 0.3) is 0 Å². The first-order valence-corrected chi connectivity index (χ1v) is 13.0. The Morgan fingerprint density at radius 3 is 1.86 bits per heavy atom. The van der Waals surface area contributed by atoms with E-state index >= 15 is 0 Å². The summed E-state index contributed by atoms with van der Waals surface area (Å²) in [7, 11) is -3.05. The molecule has 0 aromatic heterocycles. The molecule has 11 heteroatoms. The molecule has 35 heavy (non-hydrogen) atoms. The van der Waals surface area contributed by atoms with Gasteiger partial charge in [-0.3, -0.25) is 4.79 Å². The Kier molecular flexibility index (Phi) is 8.09. The van der Waals surface area contributed by atoms with Crippen molar-refractivity contribution in [2.75, 3.05) is 6.61 Å². The molecule has 0 radical (unpaired) electrons. The number of aliphatic hydroxyl groups is 3. The fourth-order valence-electron chi connectivity index (χ4n) is 4.44. The van der Waals surface area contributed by atoms with E-state index in [-0.39, 0.29) is 6.61 Å². The van der Waals surface area contributed by atoms with E-state index in [0.717, 1.165) is 10.4 Å². The van der Waals surface area contributed by atoms with Gasteiger partial charge in [0.25, 0.3) is 8.32 Å². The lowest BCUT2D eigenvalue weighted by atomic mass is 9.97. The zero-order chi connectivity index (χ0) is 26.0. The van der Waals surface area contributed by atoms with Crippen LogP contribution in [0.4, 0.5) is 13.2 Å². The second kappa shape index (κ2) is 10.4. The lowest BCUT2D eigenvalue weighted by Crippen LogP contribution is -2.69. The fourth-order valence-corrected chi connectivity index (χ4v) is 9.01. The largest absolute Gasteiger partial charge is 0.471 e. The predicted molar refractivity (Wildman–Crippen MR) is 124 cm³/mol. The number of hydrogen-bond donors (Lipinski definition) is 4. The van der Waals surface area contributed by atoms with Gasteiger partial charge in [-0.25, -0.2) is 0 Å². The highest BCUT2D eigenvalue weighted by molar-refractivity contribution is 6.99. The van der Waals surface area contributed by atoms with Gasteiger partial charge in [0.05, 0.1) is 6.61 Å². The number of halogens is 3. The Balaban J connectivity index is 1.89. The number of amides is 1. The molecule has 0 saturated carbocycles. The zero-order valence-corrected chi connectivity index (χ0v) is 20.6. The first-order valence-electron chi connectivity index (χ1n) is 11.1. The minimum absolute atomic E-state index is 0.261. The van der Waals surface area contributed by atoms with E-state index < -0.39 is 56.1 Å². The molecule has 0 bridgehead atoms. The Morgan fingerprint density at radius 2 is 1.43 bits per heavy atom. The van der Waals surface area contributed by atoms with Crippen molar-refractivity contribution in [1.29, 1.82) is 0 Å². The molecule has 1 heterocycles. The van der Waals surface area contributed by atoms with Crippen molar-refractivity contribution in [2.45, 2.75) is 62.6 Å². The number of alkyl halides is 3. The van der Waals surface area contributed by atoms with Crippen molar-refractivity contribution in [3.8, 4) is 0 Å². The number of carbonyl (C=O) groups excluding carboxylic acids is 1. The lowest BCUT2D eigenvalue weighted by molar-refractivity contribution is -0.255. The van der Waals surface area contributed by atoms with E-state index in [9.17, 15) is 33.3 Å². The van der Waals surface area contributed by atoms with E-state index in [1.54, 1.807) is 0 Å². The van der Waals surface area contributed by atoms with Gasteiger partial charge in [-0.2, -0.15) is 13.2 Å². The number of ether oxygens (including phenoxy) is 1. The first kappa shape index (κ1) is 27.3. The van der Waals surface area contributed by atoms with Crippen LogP contribution in [-0.2, 0) is 14.0 Å². The van der Waals surface area contributed by atoms with Gasteiger partial charge in [0.1, 0.15) is 24.4 Å². The van der Waals surface area contributed by atoms with E-state index in [1.165, 1.54) is 5.32 Å². The van der Waals surface area contributed by atoms with Gasteiger partial charge in [0.15, 0.2) is 6.29 Å². The number of benzene rings is 2. The van der Waals surface area contributed by atoms with Crippen LogP contribution in [0.2, 0.25) is 5.04 Å². The molecule has 192 valence electrons. The molecule has 7 nitrogen and oxygen atoms in total. The Morgan fingerprint density at radius 1 is 0.943 bits per heavy atom. The van der Waals surface area contributed by atoms with E-state index in [2.05, 4.69) is 0 Å². The van der Waals surface area contributed by atoms with Crippen LogP contribution in [-0.4, -0.2) is 73.0 Å². The average molecular weight is 514 g/mol. The summed E-state index contributed by atoms with van der Waals surface area (Å²) in [5.74, 6) is -2.36. The first-order chi connectivity index (χ1) is 16.3. The van der Waals surface area contributed by atoms with Crippen molar-refractivity contribution in [3.05, 3.63) is 60.7 Å². The highest BCUT2D eigenvalue weighted by Gasteiger charge is 2.53. The predicted octanol–water partition coefficient (Wildman–Crippen LogP) is 1.05. The summed E-state index contributed by atoms with van der Waals surface area (Å²) >= 11 is 0. The fraction of sp³-hybridized carbons (Fsp3) is 0.458. The number of aliphatic hydroxyl groups excluding tert-OH is 3. The van der Waals surface area contributed by atoms with Gasteiger partial charge in [-0.05, 0) is 15.4 Å². The van der Waals surface area contributed by atoms with E-state index in [4.69, 9.17) is 9.16 Å². The average Bonchev–Trinajstić information content (AvgIpc) is 2.80. The van der Waals surface area contributed by atoms with Crippen LogP contribution >= 0.6 is 0 Å². The molecule has 2 aromatic carbocycles. The molecule has 0 unspecified atom stereocenters. The molecular weight excluding hydrogens is 483 g/mol. The maximum absolute atomic E-state index is 12.6. The van der Waals surface area contributed by atoms with E-state index in [0.29, 0.717) is 0 Å². The normalized spacial score (nSPS) is 25.8. The van der Waals surface area contributed by atoms with Crippen LogP contribution < -0.4 is 15.7 Å². The maximum Gasteiger partial charge on any atom is 0.471 e. The van der Waals surface area contributed by atoms with Crippen molar-refractivity contribution in [2.24, 2.45) is 0 Å². The Hall–Kier alpha value is -2.28. The summed E-state index contributed by atoms with van der Waals surface area (Å²) < 4.78 is 49.8. The molecule has 2 aromatic rings. The third-order valence-corrected chi connectivity index (χ3v) is 11.2. The van der Waals surface area contributed by atoms with E-state index in [1.807, 2.05) is 81.4 Å². The molecule has 0 aliphatic carbocycles. The topological polar surface area (TPSA) is 108 Å². The van der Waals surface area contributed by atoms with Gasteiger partial charge in [0, 0.05) is 0 Å². The molecule has 5 atom stereocenters. The number of nitrogens with one attached hydrogen (secondary N) is 1. The van der Waals surface area contributed by atoms with Crippen molar-refractivity contribution < 1.29 is 42.4 Å². The highest BCUT2D eigenvalue weighted by atomic mass is 28.4. The van der Waals surface area contributed by atoms with Crippen molar-refractivity contribution in [1.82, 2.24) is 5.32 Å². The van der Waals surface area contributed by atoms with Gasteiger partial charge in [-0.1, -0.05) is 81.4 Å². The minimum Gasteiger partial charge on any atom is -0.405 e. The minimum atomic E-state index is -5.23. The summed E-state index contributed by atoms with van der Waals surface area (Å²) in [5, 5.41) is 34.2. The molecule has 1 aliphatic rings. The van der Waals surface area contributed by atoms with Crippen LogP contribution in [0.15, 0.2) is 60.7 Å². The summed E-state index contributed by atoms with van der Waals surface area (Å²) in [6, 6.07) is 17.3. The summed E-state index contributed by atoms with van der Waals surface area (Å²) in [4.78, 5) is 11.3. The quantitative estimate of drug-likeness (QED) is 0.430. The second-order valence-electron chi connectivity index (χ2n) is 9.52. The van der Waals surface area contributed by atoms with Crippen LogP contribution in [0.1, 0.15) is 20.8 Å². The molecule has 1 aliphatic heterocycles. The molecular formula is C24H30F3NO6Si. The summed E-state index contributed by atoms with van der Waals surface area (Å²) in [5.41, 5.74) is 0. The molecule has 1 saturated heterocycles. The van der Waals surface area contributed by atoms with Crippen molar-refractivity contribution >= 4 is 24.6 Å². The third kappa shape index (κ3) is 5.60. The number of carbonyl (C=O) groups is 1. The number of hydrogen-bond acceptors (Lipinski definition) is 6. The van der Waals surface area contributed by atoms with Crippen LogP contribution in [0.3, 0.4) is 0 Å². The monoisotopic (exact) mass is 513 g/mol. The molecule has 1 fully saturated rings. The van der Waals surface area contributed by atoms with Gasteiger partial charge < -0.3 is 29.8 Å². The third-order valence-electron chi connectivity index (χ3n) is 6.16. The molecule has 4 N–H and O–H groups in total. The van der Waals surface area contributed by atoms with Crippen LogP contribution in [0, 0.1) is 0 Å². The van der Waals surface area contributed by atoms with Crippen molar-refractivity contribution in [3.63, 3.8) is 0 Å². The van der Waals surface area contributed by atoms with Gasteiger partial charge >= 0.3 is 12.1 Å². The summed E-state index contributed by atoms with van der Waals surface area (Å²) in [6.45, 7) is 5.83. The van der Waals surface area contributed by atoms with Gasteiger partial charge in [0.2, 0.25) is 0 Å². The number of rotatable bonds is 6. The Bertz CT molecular complexity index is 947. The maximum atomic E-state index is 12.6. The lowest BCUT2D eigenvalue weighted by Gasteiger charge is -2.46. The van der Waals surface area contributed by atoms with Gasteiger partial charge in [-0.15, -0.1) is 0 Å². The van der Waals surface area contributed by atoms with Crippen LogP contribution in [0.5, 0.6) is 0 Å². The zero-order valence-electron chi connectivity index (χ0n) is 19.6. The molecule has 3 rings (SSSR count). The molecule has 1 amide bonds. The SMILES string of the molecule is CC(C)(C)[Si](OC[C@H]1O[C@H](O)[C@H](NC(=O)C(F)(F)F)[C@@H](O)[C@@H]1O)(c1ccccc1)c1ccccc1. The highest BCUT2D eigenvalue weighted by Crippen LogP contribution is 2.37. The molecule has 0 spiro atoms.